The monoisotopic (exact) mass is 250 g/mol. The Bertz CT molecular complexity index is 279. The number of carbonyl (C=O) groups is 1. The highest BCUT2D eigenvalue weighted by Gasteiger charge is 2.44. The summed E-state index contributed by atoms with van der Waals surface area (Å²) >= 11 is 0. The van der Waals surface area contributed by atoms with Gasteiger partial charge in [0, 0.05) is 6.42 Å². The van der Waals surface area contributed by atoms with Crippen molar-refractivity contribution in [2.24, 2.45) is 0 Å². The molecule has 0 radical (unpaired) electrons. The molecule has 0 aromatic carbocycles. The molecule has 0 heterocycles. The van der Waals surface area contributed by atoms with E-state index in [9.17, 15) is 31.1 Å². The van der Waals surface area contributed by atoms with Crippen LogP contribution < -0.4 is 0 Å². The van der Waals surface area contributed by atoms with Crippen LogP contribution in [0.3, 0.4) is 0 Å². The summed E-state index contributed by atoms with van der Waals surface area (Å²) in [6.45, 7) is 1.48. The summed E-state index contributed by atoms with van der Waals surface area (Å²) in [5.74, 6) is -2.41. The Morgan fingerprint density at radius 1 is 1.31 bits per heavy atom. The maximum absolute atomic E-state index is 12.6. The van der Waals surface area contributed by atoms with Crippen LogP contribution in [-0.2, 0) is 9.53 Å². The third-order valence-electron chi connectivity index (χ3n) is 1.43. The lowest BCUT2D eigenvalue weighted by atomic mass is 10.3. The van der Waals surface area contributed by atoms with Crippen molar-refractivity contribution in [2.75, 3.05) is 0 Å². The molecule has 0 spiro atoms. The van der Waals surface area contributed by atoms with Crippen molar-refractivity contribution in [2.45, 2.75) is 32.3 Å². The van der Waals surface area contributed by atoms with E-state index >= 15 is 0 Å². The van der Waals surface area contributed by atoms with Crippen LogP contribution in [0.5, 0.6) is 0 Å². The fourth-order valence-electron chi connectivity index (χ4n) is 0.761. The summed E-state index contributed by atoms with van der Waals surface area (Å²) in [7, 11) is 0. The van der Waals surface area contributed by atoms with Crippen molar-refractivity contribution in [3.8, 4) is 0 Å². The molecule has 0 aliphatic heterocycles. The number of hydrogen-bond acceptors (Lipinski definition) is 2. The molecule has 0 aromatic rings. The van der Waals surface area contributed by atoms with Crippen LogP contribution in [-0.4, -0.2) is 18.5 Å². The molecule has 0 saturated carbocycles. The van der Waals surface area contributed by atoms with Gasteiger partial charge in [0.15, 0.2) is 0 Å². The van der Waals surface area contributed by atoms with Gasteiger partial charge in [-0.25, -0.2) is 9.18 Å². The van der Waals surface area contributed by atoms with Crippen molar-refractivity contribution in [1.29, 1.82) is 0 Å². The maximum Gasteiger partial charge on any atom is 0.428 e. The zero-order valence-corrected chi connectivity index (χ0v) is 8.08. The lowest BCUT2D eigenvalue weighted by Crippen LogP contribution is -2.25. The minimum atomic E-state index is -5.57. The van der Waals surface area contributed by atoms with Gasteiger partial charge in [0.1, 0.15) is 0 Å². The van der Waals surface area contributed by atoms with E-state index in [-0.39, 0.29) is 12.8 Å². The van der Waals surface area contributed by atoms with Crippen LogP contribution in [0.2, 0.25) is 0 Å². The molecule has 0 rings (SSSR count). The van der Waals surface area contributed by atoms with Gasteiger partial charge in [0.2, 0.25) is 11.9 Å². The lowest BCUT2D eigenvalue weighted by Gasteiger charge is -2.12. The van der Waals surface area contributed by atoms with Crippen molar-refractivity contribution >= 4 is 5.97 Å². The Hall–Kier alpha value is -1.21. The largest absolute Gasteiger partial charge is 0.428 e. The topological polar surface area (TPSA) is 26.3 Å². The zero-order valence-electron chi connectivity index (χ0n) is 8.08. The first-order valence-electron chi connectivity index (χ1n) is 4.17. The number of halogens is 6. The number of alkyl halides is 4. The maximum atomic E-state index is 12.6. The second-order valence-corrected chi connectivity index (χ2v) is 2.74. The molecule has 0 fully saturated rings. The van der Waals surface area contributed by atoms with Crippen LogP contribution in [0.4, 0.5) is 26.3 Å². The minimum Gasteiger partial charge on any atom is -0.427 e. The summed E-state index contributed by atoms with van der Waals surface area (Å²) in [6, 6.07) is 0. The fourth-order valence-corrected chi connectivity index (χ4v) is 0.761. The molecule has 8 heteroatoms. The molecule has 0 aliphatic carbocycles. The predicted octanol–water partition coefficient (Wildman–Crippen LogP) is 3.34. The van der Waals surface area contributed by atoms with Gasteiger partial charge in [-0.3, -0.25) is 0 Å². The first-order chi connectivity index (χ1) is 7.20. The smallest absolute Gasteiger partial charge is 0.427 e. The highest BCUT2D eigenvalue weighted by atomic mass is 19.4. The van der Waals surface area contributed by atoms with Crippen LogP contribution in [0.15, 0.2) is 11.7 Å². The van der Waals surface area contributed by atoms with E-state index in [4.69, 9.17) is 0 Å². The first-order valence-corrected chi connectivity index (χ1v) is 4.17. The first kappa shape index (κ1) is 14.8. The van der Waals surface area contributed by atoms with E-state index in [0.29, 0.717) is 0 Å². The number of ether oxygens (including phenoxy) is 1. The van der Waals surface area contributed by atoms with E-state index in [2.05, 4.69) is 4.74 Å². The van der Waals surface area contributed by atoms with Gasteiger partial charge in [-0.05, 0) is 6.42 Å². The molecular formula is C8H8F6O2. The van der Waals surface area contributed by atoms with E-state index in [1.54, 1.807) is 0 Å². The van der Waals surface area contributed by atoms with Gasteiger partial charge in [-0.2, -0.15) is 22.0 Å². The Morgan fingerprint density at radius 2 is 1.81 bits per heavy atom. The quantitative estimate of drug-likeness (QED) is 0.434. The van der Waals surface area contributed by atoms with E-state index in [1.807, 2.05) is 0 Å². The predicted molar refractivity (Wildman–Crippen MR) is 41.2 cm³/mol. The number of rotatable bonds is 4. The summed E-state index contributed by atoms with van der Waals surface area (Å²) in [4.78, 5) is 10.6. The molecule has 0 aromatic heterocycles. The van der Waals surface area contributed by atoms with Crippen molar-refractivity contribution in [1.82, 2.24) is 0 Å². The van der Waals surface area contributed by atoms with Gasteiger partial charge >= 0.3 is 12.1 Å². The Balaban J connectivity index is 4.75. The second kappa shape index (κ2) is 5.76. The van der Waals surface area contributed by atoms with Crippen LogP contribution >= 0.6 is 0 Å². The number of hydrogen-bond donors (Lipinski definition) is 0. The Morgan fingerprint density at radius 3 is 2.12 bits per heavy atom. The summed E-state index contributed by atoms with van der Waals surface area (Å²) < 4.78 is 75.5. The zero-order chi connectivity index (χ0) is 12.9. The van der Waals surface area contributed by atoms with E-state index in [1.165, 1.54) is 6.92 Å². The molecule has 94 valence electrons. The third-order valence-corrected chi connectivity index (χ3v) is 1.43. The highest BCUT2D eigenvalue weighted by molar-refractivity contribution is 5.90. The van der Waals surface area contributed by atoms with Gasteiger partial charge in [0.25, 0.3) is 6.08 Å². The minimum absolute atomic E-state index is 0.192. The van der Waals surface area contributed by atoms with Gasteiger partial charge < -0.3 is 4.74 Å². The van der Waals surface area contributed by atoms with E-state index < -0.39 is 30.2 Å². The van der Waals surface area contributed by atoms with Crippen molar-refractivity contribution in [3.05, 3.63) is 11.7 Å². The lowest BCUT2D eigenvalue weighted by molar-refractivity contribution is -0.164. The number of esters is 1. The summed E-state index contributed by atoms with van der Waals surface area (Å²) in [6.07, 6.45) is -11.3. The molecule has 16 heavy (non-hydrogen) atoms. The summed E-state index contributed by atoms with van der Waals surface area (Å²) in [5.41, 5.74) is -2.77. The Labute approximate surface area is 86.9 Å². The third kappa shape index (κ3) is 4.54. The van der Waals surface area contributed by atoms with Crippen LogP contribution in [0.1, 0.15) is 19.8 Å². The SMILES string of the molecule is CCCC(F)OC(=O)C(=C(F)F)C(F)(F)F. The fraction of sp³-hybridized carbons (Fsp3) is 0.625. The highest BCUT2D eigenvalue weighted by Crippen LogP contribution is 2.30. The average Bonchev–Trinajstić information content (AvgIpc) is 1.99. The Kier molecular flexibility index (Phi) is 5.32. The van der Waals surface area contributed by atoms with Gasteiger partial charge in [-0.15, -0.1) is 0 Å². The molecule has 0 bridgehead atoms. The molecule has 0 amide bonds. The van der Waals surface area contributed by atoms with E-state index in [0.717, 1.165) is 0 Å². The molecule has 2 nitrogen and oxygen atoms in total. The molecule has 1 unspecified atom stereocenters. The standard InChI is InChI=1S/C8H8F6O2/c1-2-3-4(9)16-7(15)5(6(10)11)8(12,13)14/h4H,2-3H2,1H3. The average molecular weight is 250 g/mol. The second-order valence-electron chi connectivity index (χ2n) is 2.74. The molecule has 1 atom stereocenters. The summed E-state index contributed by atoms with van der Waals surface area (Å²) in [5, 5.41) is 0. The van der Waals surface area contributed by atoms with Crippen LogP contribution in [0, 0.1) is 0 Å². The van der Waals surface area contributed by atoms with Gasteiger partial charge in [-0.1, -0.05) is 6.92 Å². The molecular weight excluding hydrogens is 242 g/mol. The molecule has 0 N–H and O–H groups in total. The number of carbonyl (C=O) groups excluding carboxylic acids is 1. The molecule has 0 saturated heterocycles. The molecule has 0 aliphatic rings. The van der Waals surface area contributed by atoms with Crippen LogP contribution in [0.25, 0.3) is 0 Å². The van der Waals surface area contributed by atoms with Gasteiger partial charge in [0.05, 0.1) is 0 Å². The normalized spacial score (nSPS) is 13.2. The van der Waals surface area contributed by atoms with Crippen molar-refractivity contribution < 1.29 is 35.9 Å². The van der Waals surface area contributed by atoms with Crippen molar-refractivity contribution in [3.63, 3.8) is 0 Å².